The predicted molar refractivity (Wildman–Crippen MR) is 105 cm³/mol. The second kappa shape index (κ2) is 9.88. The van der Waals surface area contributed by atoms with E-state index in [1.54, 1.807) is 0 Å². The zero-order valence-corrected chi connectivity index (χ0v) is 16.1. The molecular formula is C22H32N2O3. The Labute approximate surface area is 162 Å². The molecule has 5 heteroatoms. The van der Waals surface area contributed by atoms with Gasteiger partial charge in [-0.1, -0.05) is 43.2 Å². The zero-order valence-electron chi connectivity index (χ0n) is 16.1. The van der Waals surface area contributed by atoms with Crippen molar-refractivity contribution in [2.45, 2.75) is 57.5 Å². The zero-order chi connectivity index (χ0) is 19.1. The summed E-state index contributed by atoms with van der Waals surface area (Å²) in [6, 6.07) is 10.5. The topological polar surface area (TPSA) is 69.6 Å². The van der Waals surface area contributed by atoms with Crippen LogP contribution in [-0.2, 0) is 16.0 Å². The molecule has 1 saturated heterocycles. The first-order chi connectivity index (χ1) is 13.1. The highest BCUT2D eigenvalue weighted by molar-refractivity contribution is 5.84. The van der Waals surface area contributed by atoms with Crippen LogP contribution >= 0.6 is 0 Å². The summed E-state index contributed by atoms with van der Waals surface area (Å²) in [5.74, 6) is 0.556. The minimum absolute atomic E-state index is 0.00528. The highest BCUT2D eigenvalue weighted by atomic mass is 16.3. The van der Waals surface area contributed by atoms with Gasteiger partial charge in [0.2, 0.25) is 11.8 Å². The van der Waals surface area contributed by atoms with Gasteiger partial charge in [-0.3, -0.25) is 9.59 Å². The first kappa shape index (κ1) is 19.9. The minimum Gasteiger partial charge on any atom is -0.393 e. The van der Waals surface area contributed by atoms with Crippen LogP contribution in [0.3, 0.4) is 0 Å². The molecule has 2 N–H and O–H groups in total. The lowest BCUT2D eigenvalue weighted by Crippen LogP contribution is -2.44. The molecule has 148 valence electrons. The van der Waals surface area contributed by atoms with Crippen molar-refractivity contribution in [2.24, 2.45) is 11.8 Å². The smallest absolute Gasteiger partial charge is 0.241 e. The van der Waals surface area contributed by atoms with E-state index in [4.69, 9.17) is 0 Å². The Morgan fingerprint density at radius 1 is 1.04 bits per heavy atom. The van der Waals surface area contributed by atoms with Gasteiger partial charge in [0, 0.05) is 19.5 Å². The van der Waals surface area contributed by atoms with Crippen LogP contribution in [0, 0.1) is 11.8 Å². The fourth-order valence-corrected chi connectivity index (χ4v) is 4.36. The minimum atomic E-state index is -0.371. The summed E-state index contributed by atoms with van der Waals surface area (Å²) in [6.07, 6.45) is 6.86. The average molecular weight is 373 g/mol. The Balaban J connectivity index is 1.35. The van der Waals surface area contributed by atoms with E-state index >= 15 is 0 Å². The molecular weight excluding hydrogens is 340 g/mol. The molecule has 2 aliphatic rings. The molecule has 0 aromatic heterocycles. The van der Waals surface area contributed by atoms with Crippen molar-refractivity contribution in [3.05, 3.63) is 35.9 Å². The maximum absolute atomic E-state index is 12.4. The SMILES string of the molecule is O=C(C[C@@H]1CCCC[C@H]1O)NCC(=O)N1CCC(Cc2ccccc2)CC1. The predicted octanol–water partition coefficient (Wildman–Crippen LogP) is 2.53. The van der Waals surface area contributed by atoms with E-state index in [9.17, 15) is 14.7 Å². The maximum atomic E-state index is 12.4. The maximum Gasteiger partial charge on any atom is 0.241 e. The second-order valence-electron chi connectivity index (χ2n) is 8.11. The molecule has 0 bridgehead atoms. The number of rotatable bonds is 6. The Morgan fingerprint density at radius 2 is 1.74 bits per heavy atom. The third-order valence-electron chi connectivity index (χ3n) is 6.09. The van der Waals surface area contributed by atoms with Crippen LogP contribution in [-0.4, -0.2) is 47.6 Å². The molecule has 0 unspecified atom stereocenters. The highest BCUT2D eigenvalue weighted by Crippen LogP contribution is 2.26. The van der Waals surface area contributed by atoms with Gasteiger partial charge in [-0.05, 0) is 49.5 Å². The number of hydrogen-bond donors (Lipinski definition) is 2. The summed E-state index contributed by atoms with van der Waals surface area (Å²) >= 11 is 0. The number of benzene rings is 1. The lowest BCUT2D eigenvalue weighted by atomic mass is 9.84. The molecule has 1 aliphatic carbocycles. The molecule has 2 fully saturated rings. The van der Waals surface area contributed by atoms with Crippen molar-refractivity contribution in [2.75, 3.05) is 19.6 Å². The molecule has 2 amide bonds. The van der Waals surface area contributed by atoms with Crippen molar-refractivity contribution in [1.82, 2.24) is 10.2 Å². The van der Waals surface area contributed by atoms with Gasteiger partial charge < -0.3 is 15.3 Å². The second-order valence-corrected chi connectivity index (χ2v) is 8.11. The fraction of sp³-hybridized carbons (Fsp3) is 0.636. The van der Waals surface area contributed by atoms with E-state index in [0.29, 0.717) is 12.3 Å². The molecule has 1 saturated carbocycles. The lowest BCUT2D eigenvalue weighted by Gasteiger charge is -2.32. The number of likely N-dealkylation sites (tertiary alicyclic amines) is 1. The molecule has 0 radical (unpaired) electrons. The number of hydrogen-bond acceptors (Lipinski definition) is 3. The summed E-state index contributed by atoms with van der Waals surface area (Å²) in [5.41, 5.74) is 1.36. The number of amides is 2. The standard InChI is InChI=1S/C22H32N2O3/c25-20-9-5-4-8-19(20)15-21(26)23-16-22(27)24-12-10-18(11-13-24)14-17-6-2-1-3-7-17/h1-3,6-7,18-20,25H,4-5,8-16H2,(H,23,26)/t19-,20+/m0/s1. The van der Waals surface area contributed by atoms with E-state index in [-0.39, 0.29) is 30.4 Å². The van der Waals surface area contributed by atoms with E-state index in [1.807, 2.05) is 11.0 Å². The van der Waals surface area contributed by atoms with Crippen LogP contribution in [0.15, 0.2) is 30.3 Å². The summed E-state index contributed by atoms with van der Waals surface area (Å²) in [5, 5.41) is 12.7. The molecule has 5 nitrogen and oxygen atoms in total. The normalized spacial score (nSPS) is 23.8. The lowest BCUT2D eigenvalue weighted by molar-refractivity contribution is -0.134. The number of aliphatic hydroxyl groups is 1. The van der Waals surface area contributed by atoms with Gasteiger partial charge in [-0.15, -0.1) is 0 Å². The van der Waals surface area contributed by atoms with Crippen LogP contribution in [0.2, 0.25) is 0 Å². The molecule has 1 aliphatic heterocycles. The summed E-state index contributed by atoms with van der Waals surface area (Å²) in [6.45, 7) is 1.62. The first-order valence-electron chi connectivity index (χ1n) is 10.4. The largest absolute Gasteiger partial charge is 0.393 e. The quantitative estimate of drug-likeness (QED) is 0.806. The van der Waals surface area contributed by atoms with E-state index in [1.165, 1.54) is 5.56 Å². The van der Waals surface area contributed by atoms with Crippen molar-refractivity contribution in [1.29, 1.82) is 0 Å². The summed E-state index contributed by atoms with van der Waals surface area (Å²) in [4.78, 5) is 26.4. The van der Waals surface area contributed by atoms with Gasteiger partial charge >= 0.3 is 0 Å². The molecule has 1 heterocycles. The number of nitrogens with one attached hydrogen (secondary N) is 1. The van der Waals surface area contributed by atoms with Gasteiger partial charge in [0.05, 0.1) is 12.6 Å². The van der Waals surface area contributed by atoms with Crippen LogP contribution in [0.25, 0.3) is 0 Å². The van der Waals surface area contributed by atoms with Crippen LogP contribution in [0.4, 0.5) is 0 Å². The average Bonchev–Trinajstić information content (AvgIpc) is 2.69. The van der Waals surface area contributed by atoms with Gasteiger partial charge in [-0.25, -0.2) is 0 Å². The van der Waals surface area contributed by atoms with E-state index in [2.05, 4.69) is 29.6 Å². The van der Waals surface area contributed by atoms with Gasteiger partial charge in [0.15, 0.2) is 0 Å². The van der Waals surface area contributed by atoms with Crippen molar-refractivity contribution in [3.63, 3.8) is 0 Å². The number of aliphatic hydroxyl groups excluding tert-OH is 1. The Bertz CT molecular complexity index is 611. The molecule has 3 rings (SSSR count). The summed E-state index contributed by atoms with van der Waals surface area (Å²) in [7, 11) is 0. The molecule has 27 heavy (non-hydrogen) atoms. The van der Waals surface area contributed by atoms with Crippen molar-refractivity contribution >= 4 is 11.8 Å². The van der Waals surface area contributed by atoms with Crippen LogP contribution in [0.1, 0.15) is 50.5 Å². The molecule has 2 atom stereocenters. The van der Waals surface area contributed by atoms with Gasteiger partial charge in [0.1, 0.15) is 0 Å². The fourth-order valence-electron chi connectivity index (χ4n) is 4.36. The van der Waals surface area contributed by atoms with Crippen LogP contribution < -0.4 is 5.32 Å². The number of carbonyl (C=O) groups excluding carboxylic acids is 2. The first-order valence-corrected chi connectivity index (χ1v) is 10.4. The molecule has 0 spiro atoms. The number of carbonyl (C=O) groups is 2. The van der Waals surface area contributed by atoms with Gasteiger partial charge in [0.25, 0.3) is 0 Å². The third-order valence-corrected chi connectivity index (χ3v) is 6.09. The number of piperidine rings is 1. The molecule has 1 aromatic carbocycles. The Hall–Kier alpha value is -1.88. The van der Waals surface area contributed by atoms with Crippen molar-refractivity contribution in [3.8, 4) is 0 Å². The van der Waals surface area contributed by atoms with E-state index in [0.717, 1.165) is 58.0 Å². The monoisotopic (exact) mass is 372 g/mol. The van der Waals surface area contributed by atoms with E-state index < -0.39 is 0 Å². The third kappa shape index (κ3) is 6.06. The van der Waals surface area contributed by atoms with Crippen LogP contribution in [0.5, 0.6) is 0 Å². The Kier molecular flexibility index (Phi) is 7.27. The van der Waals surface area contributed by atoms with Gasteiger partial charge in [-0.2, -0.15) is 0 Å². The summed E-state index contributed by atoms with van der Waals surface area (Å²) < 4.78 is 0. The molecule has 1 aromatic rings. The van der Waals surface area contributed by atoms with Crippen molar-refractivity contribution < 1.29 is 14.7 Å². The highest BCUT2D eigenvalue weighted by Gasteiger charge is 2.26. The number of nitrogens with zero attached hydrogens (tertiary/aromatic N) is 1. The Morgan fingerprint density at radius 3 is 2.44 bits per heavy atom.